The number of methoxy groups -OCH3 is 1. The van der Waals surface area contributed by atoms with Crippen molar-refractivity contribution in [2.45, 2.75) is 52.4 Å². The molecule has 0 aromatic heterocycles. The van der Waals surface area contributed by atoms with Gasteiger partial charge in [0.2, 0.25) is 5.91 Å². The largest absolute Gasteiger partial charge is 0.481 e. The van der Waals surface area contributed by atoms with Crippen LogP contribution in [-0.2, 0) is 14.3 Å². The van der Waals surface area contributed by atoms with Gasteiger partial charge in [0, 0.05) is 26.8 Å². The van der Waals surface area contributed by atoms with Gasteiger partial charge in [0.1, 0.15) is 0 Å². The summed E-state index contributed by atoms with van der Waals surface area (Å²) in [4.78, 5) is 26.6. The molecule has 2 rings (SSSR count). The third kappa shape index (κ3) is 2.87. The first-order valence-electron chi connectivity index (χ1n) is 8.40. The Kier molecular flexibility index (Phi) is 5.15. The van der Waals surface area contributed by atoms with E-state index in [0.717, 1.165) is 32.1 Å². The van der Waals surface area contributed by atoms with Gasteiger partial charge in [-0.15, -0.1) is 0 Å². The monoisotopic (exact) mass is 311 g/mol. The van der Waals surface area contributed by atoms with Crippen molar-refractivity contribution >= 4 is 11.9 Å². The second-order valence-electron chi connectivity index (χ2n) is 7.32. The molecule has 126 valence electrons. The summed E-state index contributed by atoms with van der Waals surface area (Å²) < 4.78 is 5.19. The summed E-state index contributed by atoms with van der Waals surface area (Å²) in [5.74, 6) is -0.581. The summed E-state index contributed by atoms with van der Waals surface area (Å²) in [7, 11) is 1.66. The number of hydrogen-bond donors (Lipinski definition) is 1. The van der Waals surface area contributed by atoms with Crippen LogP contribution in [0.5, 0.6) is 0 Å². The van der Waals surface area contributed by atoms with Crippen molar-refractivity contribution in [2.24, 2.45) is 16.7 Å². The van der Waals surface area contributed by atoms with Crippen LogP contribution in [0.25, 0.3) is 0 Å². The fourth-order valence-electron chi connectivity index (χ4n) is 4.15. The third-order valence-corrected chi connectivity index (χ3v) is 5.92. The van der Waals surface area contributed by atoms with Crippen LogP contribution in [0.2, 0.25) is 0 Å². The van der Waals surface area contributed by atoms with Gasteiger partial charge in [-0.05, 0) is 31.6 Å². The molecule has 1 heterocycles. The molecule has 1 N–H and O–H groups in total. The molecule has 0 radical (unpaired) electrons. The molecule has 0 bridgehead atoms. The molecule has 5 nitrogen and oxygen atoms in total. The lowest BCUT2D eigenvalue weighted by Gasteiger charge is -2.34. The number of carboxylic acid groups (broad SMARTS) is 1. The van der Waals surface area contributed by atoms with Gasteiger partial charge in [-0.2, -0.15) is 0 Å². The molecule has 1 atom stereocenters. The molecule has 2 aliphatic rings. The van der Waals surface area contributed by atoms with Crippen LogP contribution in [0.3, 0.4) is 0 Å². The van der Waals surface area contributed by atoms with Crippen molar-refractivity contribution in [3.05, 3.63) is 0 Å². The molecule has 1 saturated heterocycles. The number of aliphatic carboxylic acids is 1. The minimum atomic E-state index is -0.781. The zero-order valence-electron chi connectivity index (χ0n) is 14.1. The van der Waals surface area contributed by atoms with Gasteiger partial charge < -0.3 is 14.7 Å². The maximum Gasteiger partial charge on any atom is 0.311 e. The Bertz CT molecular complexity index is 428. The summed E-state index contributed by atoms with van der Waals surface area (Å²) in [6, 6.07) is 0. The van der Waals surface area contributed by atoms with Gasteiger partial charge in [-0.25, -0.2) is 0 Å². The first-order chi connectivity index (χ1) is 10.4. The van der Waals surface area contributed by atoms with Crippen LogP contribution in [0.15, 0.2) is 0 Å². The van der Waals surface area contributed by atoms with Crippen molar-refractivity contribution in [1.82, 2.24) is 4.90 Å². The molecule has 22 heavy (non-hydrogen) atoms. The highest BCUT2D eigenvalue weighted by atomic mass is 16.5. The number of nitrogens with zero attached hydrogens (tertiary/aromatic N) is 1. The van der Waals surface area contributed by atoms with Crippen molar-refractivity contribution in [2.75, 3.05) is 26.8 Å². The summed E-state index contributed by atoms with van der Waals surface area (Å²) >= 11 is 0. The zero-order valence-corrected chi connectivity index (χ0v) is 14.1. The molecule has 0 aromatic rings. The number of hydrogen-bond acceptors (Lipinski definition) is 3. The van der Waals surface area contributed by atoms with Gasteiger partial charge in [0.15, 0.2) is 0 Å². The van der Waals surface area contributed by atoms with Crippen molar-refractivity contribution in [3.8, 4) is 0 Å². The Hall–Kier alpha value is -1.10. The van der Waals surface area contributed by atoms with Crippen LogP contribution < -0.4 is 0 Å². The lowest BCUT2D eigenvalue weighted by atomic mass is 9.76. The number of likely N-dealkylation sites (tertiary alicyclic amines) is 1. The molecule has 1 aliphatic heterocycles. The van der Waals surface area contributed by atoms with Crippen LogP contribution in [-0.4, -0.2) is 48.7 Å². The summed E-state index contributed by atoms with van der Waals surface area (Å²) in [5, 5.41) is 9.65. The highest BCUT2D eigenvalue weighted by molar-refractivity contribution is 5.85. The van der Waals surface area contributed by atoms with E-state index in [-0.39, 0.29) is 17.2 Å². The fourth-order valence-corrected chi connectivity index (χ4v) is 4.15. The summed E-state index contributed by atoms with van der Waals surface area (Å²) in [5.41, 5.74) is -1.10. The van der Waals surface area contributed by atoms with E-state index in [1.807, 2.05) is 18.7 Å². The second-order valence-corrected chi connectivity index (χ2v) is 7.32. The van der Waals surface area contributed by atoms with E-state index in [1.165, 1.54) is 0 Å². The minimum absolute atomic E-state index is 0.0290. The van der Waals surface area contributed by atoms with Crippen molar-refractivity contribution in [1.29, 1.82) is 0 Å². The van der Waals surface area contributed by atoms with Gasteiger partial charge in [0.25, 0.3) is 0 Å². The van der Waals surface area contributed by atoms with Crippen molar-refractivity contribution < 1.29 is 19.4 Å². The maximum absolute atomic E-state index is 13.1. The summed E-state index contributed by atoms with van der Waals surface area (Å²) in [6.07, 6.45) is 5.29. The Labute approximate surface area is 133 Å². The van der Waals surface area contributed by atoms with E-state index in [1.54, 1.807) is 7.11 Å². The van der Waals surface area contributed by atoms with Crippen LogP contribution in [0.4, 0.5) is 0 Å². The van der Waals surface area contributed by atoms with Crippen molar-refractivity contribution in [3.63, 3.8) is 0 Å². The van der Waals surface area contributed by atoms with Gasteiger partial charge in [-0.1, -0.05) is 26.7 Å². The average Bonchev–Trinajstić information content (AvgIpc) is 3.13. The molecule has 5 heteroatoms. The number of carboxylic acids is 1. The molecule has 1 aliphatic carbocycles. The van der Waals surface area contributed by atoms with Crippen LogP contribution >= 0.6 is 0 Å². The second kappa shape index (κ2) is 6.57. The molecular formula is C17H29NO4. The minimum Gasteiger partial charge on any atom is -0.481 e. The van der Waals surface area contributed by atoms with Crippen LogP contribution in [0, 0.1) is 16.7 Å². The highest BCUT2D eigenvalue weighted by Crippen LogP contribution is 2.46. The lowest BCUT2D eigenvalue weighted by Crippen LogP contribution is -2.45. The topological polar surface area (TPSA) is 66.8 Å². The van der Waals surface area contributed by atoms with Gasteiger partial charge in [-0.3, -0.25) is 9.59 Å². The first kappa shape index (κ1) is 17.3. The standard InChI is InChI=1S/C17H29NO4/c1-13(2)17(15(20)21)8-10-18(12-17)14(19)16(9-11-22-3)6-4-5-7-16/h13H,4-12H2,1-3H3,(H,20,21). The number of carbonyl (C=O) groups is 2. The number of rotatable bonds is 6. The molecule has 0 aromatic carbocycles. The molecule has 1 unspecified atom stereocenters. The van der Waals surface area contributed by atoms with E-state index < -0.39 is 11.4 Å². The van der Waals surface area contributed by atoms with Gasteiger partial charge >= 0.3 is 5.97 Å². The van der Waals surface area contributed by atoms with Gasteiger partial charge in [0.05, 0.1) is 10.8 Å². The Morgan fingerprint density at radius 3 is 2.32 bits per heavy atom. The smallest absolute Gasteiger partial charge is 0.311 e. The number of ether oxygens (including phenoxy) is 1. The molecule has 1 amide bonds. The Balaban J connectivity index is 2.14. The number of amides is 1. The molecule has 1 saturated carbocycles. The molecular weight excluding hydrogens is 282 g/mol. The predicted octanol–water partition coefficient (Wildman–Crippen LogP) is 2.54. The third-order valence-electron chi connectivity index (χ3n) is 5.92. The fraction of sp³-hybridized carbons (Fsp3) is 0.882. The maximum atomic E-state index is 13.1. The predicted molar refractivity (Wildman–Crippen MR) is 83.5 cm³/mol. The van der Waals surface area contributed by atoms with E-state index in [9.17, 15) is 14.7 Å². The Morgan fingerprint density at radius 2 is 1.86 bits per heavy atom. The SMILES string of the molecule is COCCC1(C(=O)N2CCC(C(=O)O)(C(C)C)C2)CCCC1. The molecule has 0 spiro atoms. The molecule has 2 fully saturated rings. The highest BCUT2D eigenvalue weighted by Gasteiger charge is 2.52. The van der Waals surface area contributed by atoms with E-state index in [0.29, 0.717) is 26.1 Å². The summed E-state index contributed by atoms with van der Waals surface area (Å²) in [6.45, 7) is 5.40. The quantitative estimate of drug-likeness (QED) is 0.818. The van der Waals surface area contributed by atoms with E-state index >= 15 is 0 Å². The average molecular weight is 311 g/mol. The zero-order chi connectivity index (χ0) is 16.4. The van der Waals surface area contributed by atoms with E-state index in [4.69, 9.17) is 4.74 Å². The van der Waals surface area contributed by atoms with E-state index in [2.05, 4.69) is 0 Å². The Morgan fingerprint density at radius 1 is 1.23 bits per heavy atom. The normalized spacial score (nSPS) is 27.5. The number of carbonyl (C=O) groups excluding carboxylic acids is 1. The van der Waals surface area contributed by atoms with Crippen LogP contribution in [0.1, 0.15) is 52.4 Å². The lowest BCUT2D eigenvalue weighted by molar-refractivity contribution is -0.152. The first-order valence-corrected chi connectivity index (χ1v) is 8.40.